The fourth-order valence-electron chi connectivity index (χ4n) is 2.58. The number of sulfonamides is 1. The molecule has 156 valence electrons. The maximum Gasteiger partial charge on any atom is 0.264 e. The van der Waals surface area contributed by atoms with Gasteiger partial charge in [-0.2, -0.15) is 0 Å². The predicted octanol–water partition coefficient (Wildman–Crippen LogP) is 4.95. The number of para-hydroxylation sites is 1. The number of carbonyl (C=O) groups excluding carboxylic acids is 1. The van der Waals surface area contributed by atoms with Crippen LogP contribution in [0.15, 0.2) is 82.2 Å². The molecule has 0 unspecified atom stereocenters. The number of hydrogen-bond acceptors (Lipinski definition) is 4. The number of anilines is 2. The third kappa shape index (κ3) is 5.33. The van der Waals surface area contributed by atoms with Gasteiger partial charge in [0.05, 0.1) is 15.1 Å². The molecule has 0 bridgehead atoms. The number of hydrogen-bond donors (Lipinski definition) is 1. The van der Waals surface area contributed by atoms with E-state index in [1.54, 1.807) is 42.5 Å². The minimum atomic E-state index is -3.71. The lowest BCUT2D eigenvalue weighted by Gasteiger charge is -2.19. The Hall–Kier alpha value is -2.55. The van der Waals surface area contributed by atoms with E-state index in [0.717, 1.165) is 0 Å². The number of nitrogens with zero attached hydrogens (tertiary/aromatic N) is 1. The Morgan fingerprint density at radius 2 is 1.73 bits per heavy atom. The normalized spacial score (nSPS) is 11.0. The van der Waals surface area contributed by atoms with E-state index in [2.05, 4.69) is 21.2 Å². The number of amides is 1. The number of rotatable bonds is 7. The molecular formula is C21H18BrClN2O4S. The van der Waals surface area contributed by atoms with Gasteiger partial charge in [-0.3, -0.25) is 9.10 Å². The largest absolute Gasteiger partial charge is 0.483 e. The molecule has 0 saturated heterocycles. The molecule has 0 spiro atoms. The first-order valence-corrected chi connectivity index (χ1v) is 11.4. The number of benzene rings is 3. The SMILES string of the molecule is CN(c1ccccc1)S(=O)(=O)c1ccc(NC(=O)COc2ccc(Cl)cc2Br)cc1. The molecule has 0 aliphatic heterocycles. The van der Waals surface area contributed by atoms with E-state index in [-0.39, 0.29) is 17.4 Å². The van der Waals surface area contributed by atoms with E-state index in [9.17, 15) is 13.2 Å². The maximum absolute atomic E-state index is 12.8. The lowest BCUT2D eigenvalue weighted by Crippen LogP contribution is -2.26. The van der Waals surface area contributed by atoms with Gasteiger partial charge in [0.2, 0.25) is 0 Å². The first kappa shape index (κ1) is 22.1. The van der Waals surface area contributed by atoms with E-state index in [4.69, 9.17) is 16.3 Å². The van der Waals surface area contributed by atoms with Gasteiger partial charge in [0, 0.05) is 17.8 Å². The quantitative estimate of drug-likeness (QED) is 0.489. The zero-order chi connectivity index (χ0) is 21.7. The highest BCUT2D eigenvalue weighted by molar-refractivity contribution is 9.10. The molecule has 1 amide bonds. The second kappa shape index (κ2) is 9.51. The summed E-state index contributed by atoms with van der Waals surface area (Å²) in [7, 11) is -2.22. The molecule has 1 N–H and O–H groups in total. The first-order valence-electron chi connectivity index (χ1n) is 8.79. The van der Waals surface area contributed by atoms with Crippen molar-refractivity contribution < 1.29 is 17.9 Å². The van der Waals surface area contributed by atoms with E-state index in [1.807, 2.05) is 6.07 Å². The second-order valence-corrected chi connectivity index (χ2v) is 9.50. The van der Waals surface area contributed by atoms with Crippen LogP contribution in [0.1, 0.15) is 0 Å². The van der Waals surface area contributed by atoms with Crippen molar-refractivity contribution in [3.63, 3.8) is 0 Å². The summed E-state index contributed by atoms with van der Waals surface area (Å²) < 4.78 is 32.9. The average Bonchev–Trinajstić information content (AvgIpc) is 2.73. The van der Waals surface area contributed by atoms with Crippen LogP contribution in [0.3, 0.4) is 0 Å². The number of halogens is 2. The Balaban J connectivity index is 1.63. The number of nitrogens with one attached hydrogen (secondary N) is 1. The zero-order valence-electron chi connectivity index (χ0n) is 15.9. The highest BCUT2D eigenvalue weighted by atomic mass is 79.9. The van der Waals surface area contributed by atoms with Gasteiger partial charge in [0.25, 0.3) is 15.9 Å². The van der Waals surface area contributed by atoms with Crippen molar-refractivity contribution in [2.24, 2.45) is 0 Å². The topological polar surface area (TPSA) is 75.7 Å². The smallest absolute Gasteiger partial charge is 0.264 e. The van der Waals surface area contributed by atoms with Crippen LogP contribution >= 0.6 is 27.5 Å². The summed E-state index contributed by atoms with van der Waals surface area (Å²) in [5, 5.41) is 3.22. The Morgan fingerprint density at radius 3 is 2.37 bits per heavy atom. The van der Waals surface area contributed by atoms with E-state index in [1.165, 1.54) is 35.6 Å². The molecule has 3 rings (SSSR count). The predicted molar refractivity (Wildman–Crippen MR) is 122 cm³/mol. The summed E-state index contributed by atoms with van der Waals surface area (Å²) in [5.74, 6) is 0.105. The van der Waals surface area contributed by atoms with Gasteiger partial charge in [-0.05, 0) is 70.5 Å². The average molecular weight is 510 g/mol. The first-order chi connectivity index (χ1) is 14.3. The van der Waals surface area contributed by atoms with Crippen molar-refractivity contribution in [3.8, 4) is 5.75 Å². The van der Waals surface area contributed by atoms with Gasteiger partial charge < -0.3 is 10.1 Å². The molecule has 6 nitrogen and oxygen atoms in total. The van der Waals surface area contributed by atoms with Crippen molar-refractivity contribution in [3.05, 3.63) is 82.3 Å². The third-order valence-corrected chi connectivity index (χ3v) is 6.82. The van der Waals surface area contributed by atoms with Crippen LogP contribution < -0.4 is 14.4 Å². The molecule has 0 atom stereocenters. The summed E-state index contributed by atoms with van der Waals surface area (Å²) in [6, 6.07) is 19.7. The molecule has 0 radical (unpaired) electrons. The van der Waals surface area contributed by atoms with Crippen LogP contribution in [0, 0.1) is 0 Å². The van der Waals surface area contributed by atoms with Crippen LogP contribution in [0.5, 0.6) is 5.75 Å². The van der Waals surface area contributed by atoms with E-state index >= 15 is 0 Å². The van der Waals surface area contributed by atoms with Crippen molar-refractivity contribution in [2.75, 3.05) is 23.3 Å². The van der Waals surface area contributed by atoms with Gasteiger partial charge >= 0.3 is 0 Å². The lowest BCUT2D eigenvalue weighted by atomic mass is 10.3. The third-order valence-electron chi connectivity index (χ3n) is 4.17. The highest BCUT2D eigenvalue weighted by Gasteiger charge is 2.21. The molecule has 0 saturated carbocycles. The molecule has 0 fully saturated rings. The molecule has 9 heteroatoms. The molecule has 3 aromatic rings. The standard InChI is InChI=1S/C21H18BrClN2O4S/c1-25(17-5-3-2-4-6-17)30(27,28)18-10-8-16(9-11-18)24-21(26)14-29-20-12-7-15(23)13-19(20)22/h2-13H,14H2,1H3,(H,24,26). The summed E-state index contributed by atoms with van der Waals surface area (Å²) in [6.45, 7) is -0.211. The Bertz CT molecular complexity index is 1140. The molecular weight excluding hydrogens is 492 g/mol. The highest BCUT2D eigenvalue weighted by Crippen LogP contribution is 2.28. The van der Waals surface area contributed by atoms with E-state index in [0.29, 0.717) is 26.6 Å². The van der Waals surface area contributed by atoms with Gasteiger partial charge in [-0.25, -0.2) is 8.42 Å². The van der Waals surface area contributed by atoms with Crippen LogP contribution in [-0.4, -0.2) is 28.0 Å². The van der Waals surface area contributed by atoms with Crippen LogP contribution in [0.4, 0.5) is 11.4 Å². The second-order valence-electron chi connectivity index (χ2n) is 6.24. The summed E-state index contributed by atoms with van der Waals surface area (Å²) in [4.78, 5) is 12.3. The minimum absolute atomic E-state index is 0.119. The molecule has 0 aromatic heterocycles. The fraction of sp³-hybridized carbons (Fsp3) is 0.0952. The van der Waals surface area contributed by atoms with Crippen molar-refractivity contribution in [1.29, 1.82) is 0 Å². The summed E-state index contributed by atoms with van der Waals surface area (Å²) >= 11 is 9.19. The zero-order valence-corrected chi connectivity index (χ0v) is 19.0. The monoisotopic (exact) mass is 508 g/mol. The number of ether oxygens (including phenoxy) is 1. The van der Waals surface area contributed by atoms with Crippen LogP contribution in [0.25, 0.3) is 0 Å². The Kier molecular flexibility index (Phi) is 7.02. The van der Waals surface area contributed by atoms with Gasteiger partial charge in [0.1, 0.15) is 5.75 Å². The molecule has 30 heavy (non-hydrogen) atoms. The molecule has 0 aliphatic carbocycles. The van der Waals surface area contributed by atoms with Crippen molar-refractivity contribution in [1.82, 2.24) is 0 Å². The van der Waals surface area contributed by atoms with Gasteiger partial charge in [-0.15, -0.1) is 0 Å². The van der Waals surface area contributed by atoms with Crippen molar-refractivity contribution in [2.45, 2.75) is 4.90 Å². The summed E-state index contributed by atoms with van der Waals surface area (Å²) in [6.07, 6.45) is 0. The Morgan fingerprint density at radius 1 is 1.07 bits per heavy atom. The van der Waals surface area contributed by atoms with Crippen molar-refractivity contribution >= 4 is 54.8 Å². The fourth-order valence-corrected chi connectivity index (χ4v) is 4.57. The molecule has 0 heterocycles. The van der Waals surface area contributed by atoms with Crippen LogP contribution in [-0.2, 0) is 14.8 Å². The van der Waals surface area contributed by atoms with Gasteiger partial charge in [-0.1, -0.05) is 29.8 Å². The molecule has 3 aromatic carbocycles. The number of carbonyl (C=O) groups is 1. The lowest BCUT2D eigenvalue weighted by molar-refractivity contribution is -0.118. The van der Waals surface area contributed by atoms with Gasteiger partial charge in [0.15, 0.2) is 6.61 Å². The Labute approximate surface area is 188 Å². The van der Waals surface area contributed by atoms with Crippen LogP contribution in [0.2, 0.25) is 5.02 Å². The maximum atomic E-state index is 12.8. The molecule has 0 aliphatic rings. The van der Waals surface area contributed by atoms with E-state index < -0.39 is 10.0 Å². The minimum Gasteiger partial charge on any atom is -0.483 e. The summed E-state index contributed by atoms with van der Waals surface area (Å²) in [5.41, 5.74) is 1.01.